The molecule has 0 aromatic rings. The summed E-state index contributed by atoms with van der Waals surface area (Å²) >= 11 is 0. The molecule has 0 spiro atoms. The van der Waals surface area contributed by atoms with Crippen LogP contribution < -0.4 is 0 Å². The quantitative estimate of drug-likeness (QED) is 0.303. The Labute approximate surface area is 56.7 Å². The average molecular weight is 127 g/mol. The van der Waals surface area contributed by atoms with Crippen molar-refractivity contribution in [2.75, 3.05) is 0 Å². The Morgan fingerprint density at radius 3 is 0.889 bits per heavy atom. The normalized spacial score (nSPS) is 2.22. The van der Waals surface area contributed by atoms with Crippen LogP contribution in [0.15, 0.2) is 39.5 Å². The molecular formula is C7H13NO. The van der Waals surface area contributed by atoms with Crippen LogP contribution >= 0.6 is 0 Å². The first kappa shape index (κ1) is 25.5. The summed E-state index contributed by atoms with van der Waals surface area (Å²) in [6, 6.07) is 0. The molecule has 2 nitrogen and oxygen atoms in total. The summed E-state index contributed by atoms with van der Waals surface area (Å²) in [5.41, 5.74) is 0. The molecule has 0 bridgehead atoms. The lowest BCUT2D eigenvalue weighted by molar-refractivity contribution is 0.563. The minimum Gasteiger partial charge on any atom is -0.222 e. The number of hydrogen-bond acceptors (Lipinski definition) is 2. The summed E-state index contributed by atoms with van der Waals surface area (Å²) in [7, 11) is 0. The summed E-state index contributed by atoms with van der Waals surface area (Å²) in [6.07, 6.45) is 0.750. The highest BCUT2D eigenvalue weighted by atomic mass is 16.1. The van der Waals surface area contributed by atoms with Gasteiger partial charge in [-0.05, 0) is 0 Å². The van der Waals surface area contributed by atoms with Crippen LogP contribution in [0.5, 0.6) is 0 Å². The predicted molar refractivity (Wildman–Crippen MR) is 42.2 cm³/mol. The topological polar surface area (TPSA) is 40.9 Å². The Bertz CT molecular complexity index is 51.2. The third kappa shape index (κ3) is 71.3. The van der Waals surface area contributed by atoms with Gasteiger partial charge in [0.2, 0.25) is 6.08 Å². The fourth-order valence-corrected chi connectivity index (χ4v) is 0. The molecule has 0 heterocycles. The van der Waals surface area contributed by atoms with Gasteiger partial charge in [0.25, 0.3) is 0 Å². The molecule has 0 aliphatic rings. The monoisotopic (exact) mass is 127 g/mol. The maximum Gasteiger partial charge on any atom is 0.231 e. The SMILES string of the molecule is C=C.C=C.C=C.N=C=O. The van der Waals surface area contributed by atoms with Crippen molar-refractivity contribution in [2.45, 2.75) is 0 Å². The molecule has 2 heteroatoms. The molecule has 0 aliphatic carbocycles. The standard InChI is InChI=1S/3C2H4.CHNO/c3*1-2;2-1-3/h3*1-2H2;2H. The van der Waals surface area contributed by atoms with Crippen LogP contribution in [-0.4, -0.2) is 6.08 Å². The van der Waals surface area contributed by atoms with Crippen LogP contribution in [0.25, 0.3) is 0 Å². The summed E-state index contributed by atoms with van der Waals surface area (Å²) in [6.45, 7) is 18.0. The summed E-state index contributed by atoms with van der Waals surface area (Å²) < 4.78 is 0. The van der Waals surface area contributed by atoms with Crippen LogP contribution in [0.4, 0.5) is 0 Å². The smallest absolute Gasteiger partial charge is 0.222 e. The van der Waals surface area contributed by atoms with Gasteiger partial charge in [-0.15, -0.1) is 39.5 Å². The lowest BCUT2D eigenvalue weighted by Gasteiger charge is -1.02. The third-order valence-corrected chi connectivity index (χ3v) is 0. The van der Waals surface area contributed by atoms with Crippen molar-refractivity contribution >= 4 is 6.08 Å². The first-order valence-corrected chi connectivity index (χ1v) is 1.95. The highest BCUT2D eigenvalue weighted by molar-refractivity contribution is 5.26. The Kier molecular flexibility index (Phi) is 3670. The molecule has 0 aromatic carbocycles. The zero-order valence-corrected chi connectivity index (χ0v) is 5.65. The van der Waals surface area contributed by atoms with Crippen molar-refractivity contribution in [1.82, 2.24) is 0 Å². The number of hydrogen-bond donors (Lipinski definition) is 1. The molecule has 0 rings (SSSR count). The minimum absolute atomic E-state index is 0.750. The van der Waals surface area contributed by atoms with E-state index >= 15 is 0 Å². The second-order valence-corrected chi connectivity index (χ2v) is 0.102. The van der Waals surface area contributed by atoms with Gasteiger partial charge in [-0.3, -0.25) is 0 Å². The predicted octanol–water partition coefficient (Wildman–Crippen LogP) is 2.31. The Balaban J connectivity index is -0.0000000190. The van der Waals surface area contributed by atoms with E-state index in [-0.39, 0.29) is 0 Å². The van der Waals surface area contributed by atoms with Crippen LogP contribution in [-0.2, 0) is 4.79 Å². The summed E-state index contributed by atoms with van der Waals surface area (Å²) in [4.78, 5) is 8.35. The second-order valence-electron chi connectivity index (χ2n) is 0.102. The van der Waals surface area contributed by atoms with E-state index in [2.05, 4.69) is 39.5 Å². The number of carbonyl (C=O) groups excluding carboxylic acids is 1. The van der Waals surface area contributed by atoms with E-state index in [1.54, 1.807) is 0 Å². The Morgan fingerprint density at radius 2 is 0.889 bits per heavy atom. The lowest BCUT2D eigenvalue weighted by Crippen LogP contribution is -1.16. The molecule has 0 aromatic heterocycles. The summed E-state index contributed by atoms with van der Waals surface area (Å²) in [5, 5.41) is 5.40. The van der Waals surface area contributed by atoms with E-state index in [0.717, 1.165) is 6.08 Å². The molecule has 0 saturated carbocycles. The zero-order valence-electron chi connectivity index (χ0n) is 5.65. The lowest BCUT2D eigenvalue weighted by atomic mass is 11.3. The van der Waals surface area contributed by atoms with Gasteiger partial charge < -0.3 is 0 Å². The Hall–Kier alpha value is -1.40. The highest BCUT2D eigenvalue weighted by Gasteiger charge is 1.03. The third-order valence-electron chi connectivity index (χ3n) is 0. The molecule has 0 aliphatic heterocycles. The Morgan fingerprint density at radius 1 is 0.889 bits per heavy atom. The molecule has 1 N–H and O–H groups in total. The van der Waals surface area contributed by atoms with Crippen LogP contribution in [0.3, 0.4) is 0 Å². The van der Waals surface area contributed by atoms with Gasteiger partial charge in [-0.25, -0.2) is 10.2 Å². The number of nitrogens with one attached hydrogen (secondary N) is 1. The number of rotatable bonds is 0. The van der Waals surface area contributed by atoms with E-state index in [1.165, 1.54) is 0 Å². The van der Waals surface area contributed by atoms with Gasteiger partial charge in [0.1, 0.15) is 0 Å². The van der Waals surface area contributed by atoms with Crippen LogP contribution in [0, 0.1) is 5.41 Å². The minimum atomic E-state index is 0.750. The molecule has 0 amide bonds. The van der Waals surface area contributed by atoms with Crippen molar-refractivity contribution in [1.29, 1.82) is 5.41 Å². The molecule has 52 valence electrons. The van der Waals surface area contributed by atoms with Crippen molar-refractivity contribution in [2.24, 2.45) is 0 Å². The van der Waals surface area contributed by atoms with E-state index in [1.807, 2.05) is 0 Å². The molecule has 0 saturated heterocycles. The van der Waals surface area contributed by atoms with Crippen molar-refractivity contribution in [3.05, 3.63) is 39.5 Å². The maximum atomic E-state index is 8.35. The van der Waals surface area contributed by atoms with Gasteiger partial charge in [0, 0.05) is 0 Å². The highest BCUT2D eigenvalue weighted by Crippen LogP contribution is 0.871. The van der Waals surface area contributed by atoms with Gasteiger partial charge >= 0.3 is 0 Å². The fraction of sp³-hybridized carbons (Fsp3) is 0. The van der Waals surface area contributed by atoms with E-state index < -0.39 is 0 Å². The molecule has 9 heavy (non-hydrogen) atoms. The fourth-order valence-electron chi connectivity index (χ4n) is 0. The van der Waals surface area contributed by atoms with Crippen molar-refractivity contribution in [3.8, 4) is 0 Å². The molecule has 0 unspecified atom stereocenters. The molecule has 0 atom stereocenters. The van der Waals surface area contributed by atoms with Gasteiger partial charge in [0.15, 0.2) is 0 Å². The zero-order chi connectivity index (χ0) is 8.71. The average Bonchev–Trinajstić information content (AvgIpc) is 2.01. The second kappa shape index (κ2) is 1290. The number of isocyanates is 1. The van der Waals surface area contributed by atoms with Crippen molar-refractivity contribution in [3.63, 3.8) is 0 Å². The molecular weight excluding hydrogens is 114 g/mol. The molecule has 0 radical (unpaired) electrons. The first-order chi connectivity index (χ1) is 4.41. The van der Waals surface area contributed by atoms with E-state index in [0.29, 0.717) is 0 Å². The van der Waals surface area contributed by atoms with Gasteiger partial charge in [-0.2, -0.15) is 0 Å². The van der Waals surface area contributed by atoms with E-state index in [9.17, 15) is 0 Å². The van der Waals surface area contributed by atoms with Gasteiger partial charge in [-0.1, -0.05) is 0 Å². The first-order valence-electron chi connectivity index (χ1n) is 1.95. The van der Waals surface area contributed by atoms with Crippen LogP contribution in [0.2, 0.25) is 0 Å². The molecule has 0 fully saturated rings. The van der Waals surface area contributed by atoms with Crippen LogP contribution in [0.1, 0.15) is 0 Å². The maximum absolute atomic E-state index is 8.35. The van der Waals surface area contributed by atoms with E-state index in [4.69, 9.17) is 10.2 Å². The van der Waals surface area contributed by atoms with Crippen molar-refractivity contribution < 1.29 is 4.79 Å². The largest absolute Gasteiger partial charge is 0.231 e. The van der Waals surface area contributed by atoms with Gasteiger partial charge in [0.05, 0.1) is 0 Å². The summed E-state index contributed by atoms with van der Waals surface area (Å²) in [5.74, 6) is 0.